The molecule has 3 aromatic carbocycles. The Kier molecular flexibility index (Phi) is 7.23. The molecule has 0 aliphatic carbocycles. The second kappa shape index (κ2) is 10.8. The van der Waals surface area contributed by atoms with Crippen LogP contribution in [-0.4, -0.2) is 32.0 Å². The minimum atomic E-state index is -4.76. The van der Waals surface area contributed by atoms with Gasteiger partial charge in [0.25, 0.3) is 5.91 Å². The first-order valence-electron chi connectivity index (χ1n) is 11.3. The Balaban J connectivity index is 1.26. The van der Waals surface area contributed by atoms with E-state index >= 15 is 0 Å². The second-order valence-electron chi connectivity index (χ2n) is 8.12. The highest BCUT2D eigenvalue weighted by molar-refractivity contribution is 6.36. The van der Waals surface area contributed by atoms with Crippen LogP contribution in [-0.2, 0) is 0 Å². The molecule has 0 aliphatic heterocycles. The van der Waals surface area contributed by atoms with E-state index in [-0.39, 0.29) is 11.4 Å². The Morgan fingerprint density at radius 2 is 1.67 bits per heavy atom. The number of benzene rings is 3. The van der Waals surface area contributed by atoms with Crippen molar-refractivity contribution >= 4 is 34.8 Å². The number of alkyl halides is 3. The molecule has 2 heterocycles. The highest BCUT2D eigenvalue weighted by Gasteiger charge is 2.31. The zero-order valence-electron chi connectivity index (χ0n) is 19.7. The first-order chi connectivity index (χ1) is 18.6. The largest absolute Gasteiger partial charge is 0.573 e. The van der Waals surface area contributed by atoms with E-state index in [0.29, 0.717) is 44.1 Å². The maximum Gasteiger partial charge on any atom is 0.573 e. The van der Waals surface area contributed by atoms with Gasteiger partial charge in [-0.2, -0.15) is 0 Å². The van der Waals surface area contributed by atoms with Gasteiger partial charge in [-0.05, 0) is 78.9 Å². The molecule has 0 bridgehead atoms. The van der Waals surface area contributed by atoms with Gasteiger partial charge >= 0.3 is 6.36 Å². The van der Waals surface area contributed by atoms with Crippen LogP contribution in [0.5, 0.6) is 5.75 Å². The maximum atomic E-state index is 12.8. The predicted molar refractivity (Wildman–Crippen MR) is 141 cm³/mol. The minimum absolute atomic E-state index is 0.203. The van der Waals surface area contributed by atoms with Crippen LogP contribution in [0.25, 0.3) is 28.3 Å². The van der Waals surface area contributed by atoms with Crippen LogP contribution in [0.3, 0.4) is 0 Å². The Hall–Kier alpha value is -4.41. The molecule has 5 aromatic rings. The fourth-order valence-corrected chi connectivity index (χ4v) is 4.13. The Morgan fingerprint density at radius 3 is 2.36 bits per heavy atom. The van der Waals surface area contributed by atoms with Crippen molar-refractivity contribution < 1.29 is 22.7 Å². The molecule has 0 saturated heterocycles. The quantitative estimate of drug-likeness (QED) is 0.229. The minimum Gasteiger partial charge on any atom is -0.406 e. The number of rotatable bonds is 6. The number of halogens is 5. The topological polar surface area (TPSA) is 81.9 Å². The van der Waals surface area contributed by atoms with E-state index in [1.807, 2.05) is 0 Å². The molecule has 196 valence electrons. The number of carbonyl (C=O) groups excluding carboxylic acids is 1. The summed E-state index contributed by atoms with van der Waals surface area (Å²) in [6.45, 7) is 0. The summed E-state index contributed by atoms with van der Waals surface area (Å²) in [5.74, 6) is -0.354. The number of pyridine rings is 1. The lowest BCUT2D eigenvalue weighted by Gasteiger charge is -2.09. The molecule has 0 atom stereocenters. The van der Waals surface area contributed by atoms with Crippen LogP contribution in [0.2, 0.25) is 10.0 Å². The molecule has 1 amide bonds. The van der Waals surface area contributed by atoms with Crippen LogP contribution in [0.4, 0.5) is 18.9 Å². The first kappa shape index (κ1) is 26.2. The van der Waals surface area contributed by atoms with Gasteiger partial charge in [-0.15, -0.1) is 18.3 Å². The number of amides is 1. The summed E-state index contributed by atoms with van der Waals surface area (Å²) in [5.41, 5.74) is 3.08. The van der Waals surface area contributed by atoms with E-state index in [2.05, 4.69) is 25.1 Å². The van der Waals surface area contributed by atoms with Crippen molar-refractivity contribution in [1.29, 1.82) is 0 Å². The third kappa shape index (κ3) is 6.36. The molecule has 1 N–H and O–H groups in total. The number of anilines is 1. The Bertz CT molecular complexity index is 1640. The van der Waals surface area contributed by atoms with Crippen molar-refractivity contribution in [3.05, 3.63) is 107 Å². The van der Waals surface area contributed by atoms with Crippen LogP contribution in [0.1, 0.15) is 10.5 Å². The third-order valence-electron chi connectivity index (χ3n) is 5.42. The number of aromatic nitrogens is 4. The summed E-state index contributed by atoms with van der Waals surface area (Å²) in [7, 11) is 0. The highest BCUT2D eigenvalue weighted by atomic mass is 35.5. The molecule has 5 rings (SSSR count). The fourth-order valence-electron chi connectivity index (χ4n) is 3.63. The van der Waals surface area contributed by atoms with Crippen LogP contribution in [0.15, 0.2) is 91.3 Å². The number of nitrogens with zero attached hydrogens (tertiary/aromatic N) is 4. The lowest BCUT2D eigenvalue weighted by Crippen LogP contribution is -2.17. The van der Waals surface area contributed by atoms with Crippen molar-refractivity contribution in [2.45, 2.75) is 6.36 Å². The molecular formula is C27H16Cl2F3N5O2. The number of ether oxygens (including phenoxy) is 1. The predicted octanol–water partition coefficient (Wildman–Crippen LogP) is 7.45. The van der Waals surface area contributed by atoms with Crippen LogP contribution < -0.4 is 10.1 Å². The van der Waals surface area contributed by atoms with E-state index in [9.17, 15) is 18.0 Å². The Labute approximate surface area is 229 Å². The van der Waals surface area contributed by atoms with Gasteiger partial charge in [-0.25, -0.2) is 14.6 Å². The van der Waals surface area contributed by atoms with E-state index in [4.69, 9.17) is 23.2 Å². The van der Waals surface area contributed by atoms with Gasteiger partial charge < -0.3 is 10.1 Å². The molecule has 0 aliphatic rings. The molecule has 0 fully saturated rings. The monoisotopic (exact) mass is 569 g/mol. The molecule has 12 heteroatoms. The summed E-state index contributed by atoms with van der Waals surface area (Å²) in [4.78, 5) is 21.5. The van der Waals surface area contributed by atoms with Crippen molar-refractivity contribution in [3.8, 4) is 34.1 Å². The van der Waals surface area contributed by atoms with Crippen molar-refractivity contribution in [2.24, 2.45) is 0 Å². The summed E-state index contributed by atoms with van der Waals surface area (Å²) in [6, 6.07) is 22.2. The van der Waals surface area contributed by atoms with E-state index < -0.39 is 12.3 Å². The SMILES string of the molecule is O=C(Nc1ccc(-c2ncn(-c3ccc(OC(F)(F)F)cc3)n2)cc1)c1cccc(-c2ccc(Cl)cc2Cl)n1. The molecule has 0 radical (unpaired) electrons. The van der Waals surface area contributed by atoms with E-state index in [1.165, 1.54) is 35.3 Å². The fraction of sp³-hybridized carbons (Fsp3) is 0.0370. The van der Waals surface area contributed by atoms with Crippen molar-refractivity contribution in [1.82, 2.24) is 19.7 Å². The molecule has 0 saturated carbocycles. The zero-order chi connectivity index (χ0) is 27.6. The second-order valence-corrected chi connectivity index (χ2v) is 8.96. The van der Waals surface area contributed by atoms with Gasteiger partial charge in [0.15, 0.2) is 5.82 Å². The zero-order valence-corrected chi connectivity index (χ0v) is 21.2. The van der Waals surface area contributed by atoms with Gasteiger partial charge in [-0.1, -0.05) is 29.3 Å². The lowest BCUT2D eigenvalue weighted by atomic mass is 10.1. The molecular weight excluding hydrogens is 554 g/mol. The standard InChI is InChI=1S/C27H16Cl2F3N5O2/c28-17-6-13-21(22(29)14-17)23-2-1-3-24(35-23)26(38)34-18-7-4-16(5-8-18)25-33-15-37(36-25)19-9-11-20(12-10-19)39-27(30,31)32/h1-15H,(H,34,38). The Morgan fingerprint density at radius 1 is 0.923 bits per heavy atom. The van der Waals surface area contributed by atoms with E-state index in [0.717, 1.165) is 0 Å². The van der Waals surface area contributed by atoms with Crippen LogP contribution in [0, 0.1) is 0 Å². The van der Waals surface area contributed by atoms with Crippen molar-refractivity contribution in [3.63, 3.8) is 0 Å². The van der Waals surface area contributed by atoms with Gasteiger partial charge in [0.05, 0.1) is 16.4 Å². The van der Waals surface area contributed by atoms with Gasteiger partial charge in [0.2, 0.25) is 0 Å². The molecule has 7 nitrogen and oxygen atoms in total. The third-order valence-corrected chi connectivity index (χ3v) is 5.96. The normalized spacial score (nSPS) is 11.3. The van der Waals surface area contributed by atoms with Crippen LogP contribution >= 0.6 is 23.2 Å². The van der Waals surface area contributed by atoms with Gasteiger partial charge in [0, 0.05) is 21.8 Å². The summed E-state index contributed by atoms with van der Waals surface area (Å²) >= 11 is 12.2. The molecule has 0 unspecified atom stereocenters. The number of hydrogen-bond acceptors (Lipinski definition) is 5. The molecule has 2 aromatic heterocycles. The lowest BCUT2D eigenvalue weighted by molar-refractivity contribution is -0.274. The summed E-state index contributed by atoms with van der Waals surface area (Å²) in [6.07, 6.45) is -3.32. The van der Waals surface area contributed by atoms with Gasteiger partial charge in [0.1, 0.15) is 17.8 Å². The van der Waals surface area contributed by atoms with Gasteiger partial charge in [-0.3, -0.25) is 4.79 Å². The highest BCUT2D eigenvalue weighted by Crippen LogP contribution is 2.29. The van der Waals surface area contributed by atoms with E-state index in [1.54, 1.807) is 60.7 Å². The molecule has 39 heavy (non-hydrogen) atoms. The smallest absolute Gasteiger partial charge is 0.406 e. The maximum absolute atomic E-state index is 12.8. The number of carbonyl (C=O) groups is 1. The first-order valence-corrected chi connectivity index (χ1v) is 12.0. The molecule has 0 spiro atoms. The summed E-state index contributed by atoms with van der Waals surface area (Å²) < 4.78 is 42.4. The number of hydrogen-bond donors (Lipinski definition) is 1. The van der Waals surface area contributed by atoms with Crippen molar-refractivity contribution in [2.75, 3.05) is 5.32 Å². The number of nitrogens with one attached hydrogen (secondary N) is 1. The average molecular weight is 570 g/mol. The summed E-state index contributed by atoms with van der Waals surface area (Å²) in [5, 5.41) is 8.09. The average Bonchev–Trinajstić information content (AvgIpc) is 3.39.